The topological polar surface area (TPSA) is 55.6 Å². The monoisotopic (exact) mass is 293 g/mol. The first-order valence-electron chi connectivity index (χ1n) is 7.28. The third-order valence-corrected chi connectivity index (χ3v) is 3.77. The van der Waals surface area contributed by atoms with Crippen LogP contribution in [0.2, 0.25) is 0 Å². The van der Waals surface area contributed by atoms with Gasteiger partial charge in [-0.25, -0.2) is 4.98 Å². The van der Waals surface area contributed by atoms with Gasteiger partial charge in [0.1, 0.15) is 0 Å². The summed E-state index contributed by atoms with van der Waals surface area (Å²) in [4.78, 5) is 16.1. The van der Waals surface area contributed by atoms with Gasteiger partial charge in [-0.2, -0.15) is 0 Å². The molecular weight excluding hydrogens is 278 g/mol. The molecule has 22 heavy (non-hydrogen) atoms. The number of benzene rings is 1. The number of ether oxygens (including phenoxy) is 1. The van der Waals surface area contributed by atoms with Crippen molar-refractivity contribution in [3.63, 3.8) is 0 Å². The summed E-state index contributed by atoms with van der Waals surface area (Å²) in [5.41, 5.74) is 4.59. The van der Waals surface area contributed by atoms with E-state index < -0.39 is 0 Å². The van der Waals surface area contributed by atoms with Crippen molar-refractivity contribution in [2.45, 2.75) is 13.3 Å². The molecule has 2 aromatic heterocycles. The van der Waals surface area contributed by atoms with Gasteiger partial charge in [-0.3, -0.25) is 4.79 Å². The summed E-state index contributed by atoms with van der Waals surface area (Å²) in [5, 5.41) is 2.84. The minimum absolute atomic E-state index is 0.0424. The van der Waals surface area contributed by atoms with Gasteiger partial charge < -0.3 is 14.5 Å². The molecule has 5 heteroatoms. The zero-order chi connectivity index (χ0) is 15.1. The zero-order valence-corrected chi connectivity index (χ0v) is 12.2. The van der Waals surface area contributed by atoms with E-state index in [4.69, 9.17) is 4.74 Å². The number of carbonyl (C=O) groups is 1. The van der Waals surface area contributed by atoms with Crippen LogP contribution in [0.25, 0.3) is 16.9 Å². The summed E-state index contributed by atoms with van der Waals surface area (Å²) in [5.74, 6) is 0.815. The van der Waals surface area contributed by atoms with E-state index in [1.165, 1.54) is 0 Å². The first-order chi connectivity index (χ1) is 10.7. The SMILES string of the molecule is CCOc1cccn2cc(-c3ccc4c(c3)CC(=O)N4)nc12. The molecule has 0 saturated carbocycles. The van der Waals surface area contributed by atoms with Gasteiger partial charge in [0.05, 0.1) is 18.7 Å². The highest BCUT2D eigenvalue weighted by Crippen LogP contribution is 2.30. The molecular formula is C17H15N3O2. The van der Waals surface area contributed by atoms with Crippen molar-refractivity contribution in [3.8, 4) is 17.0 Å². The summed E-state index contributed by atoms with van der Waals surface area (Å²) in [6, 6.07) is 9.79. The Morgan fingerprint density at radius 1 is 1.36 bits per heavy atom. The molecule has 0 saturated heterocycles. The number of fused-ring (bicyclic) bond motifs is 2. The van der Waals surface area contributed by atoms with Gasteiger partial charge in [-0.15, -0.1) is 0 Å². The van der Waals surface area contributed by atoms with Crippen LogP contribution in [0.5, 0.6) is 5.75 Å². The summed E-state index contributed by atoms with van der Waals surface area (Å²) in [6.07, 6.45) is 4.36. The fraction of sp³-hybridized carbons (Fsp3) is 0.176. The summed E-state index contributed by atoms with van der Waals surface area (Å²) >= 11 is 0. The van der Waals surface area contributed by atoms with E-state index in [2.05, 4.69) is 10.3 Å². The molecule has 1 N–H and O–H groups in total. The number of aromatic nitrogens is 2. The van der Waals surface area contributed by atoms with Crippen LogP contribution in [-0.4, -0.2) is 21.9 Å². The summed E-state index contributed by atoms with van der Waals surface area (Å²) in [6.45, 7) is 2.56. The van der Waals surface area contributed by atoms with E-state index in [1.807, 2.05) is 54.0 Å². The molecule has 1 amide bonds. The molecule has 5 nitrogen and oxygen atoms in total. The van der Waals surface area contributed by atoms with Gasteiger partial charge in [0.2, 0.25) is 5.91 Å². The lowest BCUT2D eigenvalue weighted by molar-refractivity contribution is -0.115. The van der Waals surface area contributed by atoms with Crippen LogP contribution in [0.1, 0.15) is 12.5 Å². The number of hydrogen-bond acceptors (Lipinski definition) is 3. The second-order valence-corrected chi connectivity index (χ2v) is 5.26. The van der Waals surface area contributed by atoms with Crippen molar-refractivity contribution in [2.75, 3.05) is 11.9 Å². The molecule has 0 atom stereocenters. The van der Waals surface area contributed by atoms with Gasteiger partial charge in [0, 0.05) is 23.6 Å². The molecule has 0 aliphatic carbocycles. The maximum Gasteiger partial charge on any atom is 0.228 e. The molecule has 0 unspecified atom stereocenters. The minimum atomic E-state index is 0.0424. The van der Waals surface area contributed by atoms with E-state index in [-0.39, 0.29) is 5.91 Å². The number of pyridine rings is 1. The Morgan fingerprint density at radius 3 is 3.14 bits per heavy atom. The molecule has 0 spiro atoms. The first-order valence-corrected chi connectivity index (χ1v) is 7.28. The number of rotatable bonds is 3. The zero-order valence-electron chi connectivity index (χ0n) is 12.2. The van der Waals surface area contributed by atoms with Crippen molar-refractivity contribution >= 4 is 17.2 Å². The molecule has 1 aromatic carbocycles. The molecule has 4 rings (SSSR count). The van der Waals surface area contributed by atoms with Crippen molar-refractivity contribution in [1.82, 2.24) is 9.38 Å². The van der Waals surface area contributed by atoms with E-state index in [1.54, 1.807) is 0 Å². The number of amides is 1. The van der Waals surface area contributed by atoms with Crippen LogP contribution in [0.4, 0.5) is 5.69 Å². The van der Waals surface area contributed by atoms with Crippen molar-refractivity contribution in [3.05, 3.63) is 48.3 Å². The molecule has 1 aliphatic heterocycles. The highest BCUT2D eigenvalue weighted by molar-refractivity contribution is 5.99. The summed E-state index contributed by atoms with van der Waals surface area (Å²) < 4.78 is 7.57. The van der Waals surface area contributed by atoms with Crippen LogP contribution in [0.15, 0.2) is 42.7 Å². The molecule has 3 heterocycles. The average molecular weight is 293 g/mol. The Hall–Kier alpha value is -2.82. The lowest BCUT2D eigenvalue weighted by Crippen LogP contribution is -2.03. The van der Waals surface area contributed by atoms with Crippen molar-refractivity contribution in [1.29, 1.82) is 0 Å². The minimum Gasteiger partial charge on any atom is -0.490 e. The van der Waals surface area contributed by atoms with Crippen LogP contribution in [-0.2, 0) is 11.2 Å². The average Bonchev–Trinajstić information content (AvgIpc) is 3.09. The van der Waals surface area contributed by atoms with Crippen LogP contribution < -0.4 is 10.1 Å². The smallest absolute Gasteiger partial charge is 0.228 e. The molecule has 0 fully saturated rings. The van der Waals surface area contributed by atoms with Crippen molar-refractivity contribution in [2.24, 2.45) is 0 Å². The predicted octanol–water partition coefficient (Wildman–Crippen LogP) is 2.89. The van der Waals surface area contributed by atoms with Gasteiger partial charge in [-0.05, 0) is 36.8 Å². The lowest BCUT2D eigenvalue weighted by atomic mass is 10.1. The van der Waals surface area contributed by atoms with Gasteiger partial charge in [-0.1, -0.05) is 6.07 Å². The fourth-order valence-corrected chi connectivity index (χ4v) is 2.78. The lowest BCUT2D eigenvalue weighted by Gasteiger charge is -2.03. The Balaban J connectivity index is 1.80. The van der Waals surface area contributed by atoms with Gasteiger partial charge >= 0.3 is 0 Å². The Kier molecular flexibility index (Phi) is 2.85. The molecule has 110 valence electrons. The number of imidazole rings is 1. The van der Waals surface area contributed by atoms with Crippen LogP contribution in [0.3, 0.4) is 0 Å². The fourth-order valence-electron chi connectivity index (χ4n) is 2.78. The predicted molar refractivity (Wildman–Crippen MR) is 84.1 cm³/mol. The van der Waals surface area contributed by atoms with Crippen molar-refractivity contribution < 1.29 is 9.53 Å². The van der Waals surface area contributed by atoms with Crippen LogP contribution >= 0.6 is 0 Å². The molecule has 0 radical (unpaired) electrons. The molecule has 0 bridgehead atoms. The maximum absolute atomic E-state index is 11.5. The Morgan fingerprint density at radius 2 is 2.27 bits per heavy atom. The van der Waals surface area contributed by atoms with E-state index >= 15 is 0 Å². The summed E-state index contributed by atoms with van der Waals surface area (Å²) in [7, 11) is 0. The Bertz CT molecular complexity index is 883. The third kappa shape index (κ3) is 2.02. The number of hydrogen-bond donors (Lipinski definition) is 1. The van der Waals surface area contributed by atoms with E-state index in [9.17, 15) is 4.79 Å². The highest BCUT2D eigenvalue weighted by atomic mass is 16.5. The molecule has 1 aliphatic rings. The molecule has 3 aromatic rings. The second kappa shape index (κ2) is 4.87. The number of nitrogens with zero attached hydrogens (tertiary/aromatic N) is 2. The first kappa shape index (κ1) is 12.9. The van der Waals surface area contributed by atoms with E-state index in [0.29, 0.717) is 13.0 Å². The van der Waals surface area contributed by atoms with Gasteiger partial charge in [0.15, 0.2) is 11.4 Å². The number of anilines is 1. The number of nitrogens with one attached hydrogen (secondary N) is 1. The Labute approximate surface area is 127 Å². The van der Waals surface area contributed by atoms with Gasteiger partial charge in [0.25, 0.3) is 0 Å². The normalized spacial score (nSPS) is 13.2. The largest absolute Gasteiger partial charge is 0.490 e. The van der Waals surface area contributed by atoms with Crippen LogP contribution in [0, 0.1) is 0 Å². The maximum atomic E-state index is 11.5. The van der Waals surface area contributed by atoms with E-state index in [0.717, 1.165) is 33.9 Å². The highest BCUT2D eigenvalue weighted by Gasteiger charge is 2.18. The quantitative estimate of drug-likeness (QED) is 0.808. The standard InChI is InChI=1S/C17H15N3O2/c1-2-22-15-4-3-7-20-10-14(19-17(15)20)11-5-6-13-12(8-11)9-16(21)18-13/h3-8,10H,2,9H2,1H3,(H,18,21). The number of carbonyl (C=O) groups excluding carboxylic acids is 1. The third-order valence-electron chi connectivity index (χ3n) is 3.77. The second-order valence-electron chi connectivity index (χ2n) is 5.26.